The van der Waals surface area contributed by atoms with Crippen LogP contribution in [0, 0.1) is 0 Å². The Balaban J connectivity index is 2.24. The molecule has 0 fully saturated rings. The number of unbranched alkanes of at least 4 members (excludes halogenated alkanes) is 2. The van der Waals surface area contributed by atoms with E-state index in [9.17, 15) is 33.6 Å². The zero-order chi connectivity index (χ0) is 40.0. The normalized spacial score (nSPS) is 14.2. The molecule has 0 aliphatic heterocycles. The predicted octanol–water partition coefficient (Wildman–Crippen LogP) is -0.816. The van der Waals surface area contributed by atoms with Crippen molar-refractivity contribution in [1.82, 2.24) is 31.9 Å². The molecule has 0 radical (unpaired) electrons. The van der Waals surface area contributed by atoms with Crippen LogP contribution < -0.4 is 49.1 Å². The van der Waals surface area contributed by atoms with E-state index in [4.69, 9.17) is 17.2 Å². The van der Waals surface area contributed by atoms with E-state index in [1.54, 1.807) is 54.6 Å². The number of nitrogens with one attached hydrogen (secondary N) is 6. The maximum Gasteiger partial charge on any atom is 0.243 e. The summed E-state index contributed by atoms with van der Waals surface area (Å²) >= 11 is 0. The van der Waals surface area contributed by atoms with Gasteiger partial charge in [-0.3, -0.25) is 33.6 Å². The van der Waals surface area contributed by atoms with E-state index in [1.807, 2.05) is 6.07 Å². The maximum absolute atomic E-state index is 14.0. The molecule has 2 aromatic rings. The maximum atomic E-state index is 14.0. The molecular weight excluding hydrogens is 694 g/mol. The number of carbonyl (C=O) groups is 7. The minimum absolute atomic E-state index is 0.0455. The fourth-order valence-electron chi connectivity index (χ4n) is 5.53. The minimum Gasteiger partial charge on any atom is -0.368 e. The Kier molecular flexibility index (Phi) is 20.0. The van der Waals surface area contributed by atoms with Crippen LogP contribution in [0.4, 0.5) is 0 Å². The van der Waals surface area contributed by atoms with Crippen molar-refractivity contribution < 1.29 is 33.6 Å². The topological polar surface area (TPSA) is 270 Å². The van der Waals surface area contributed by atoms with Crippen molar-refractivity contribution in [3.8, 4) is 0 Å². The molecule has 0 aliphatic carbocycles. The fraction of sp³-hybridized carbons (Fsp3) is 0.500. The molecule has 0 bridgehead atoms. The molecule has 2 rings (SSSR count). The first kappa shape index (κ1) is 44.8. The molecule has 0 heterocycles. The summed E-state index contributed by atoms with van der Waals surface area (Å²) in [6.07, 6.45) is 3.15. The molecule has 16 heteroatoms. The predicted molar refractivity (Wildman–Crippen MR) is 204 cm³/mol. The van der Waals surface area contributed by atoms with E-state index in [2.05, 4.69) is 31.9 Å². The zero-order valence-electron chi connectivity index (χ0n) is 31.4. The van der Waals surface area contributed by atoms with Gasteiger partial charge in [-0.1, -0.05) is 60.7 Å². The van der Waals surface area contributed by atoms with Crippen LogP contribution in [0.1, 0.15) is 70.4 Å². The monoisotopic (exact) mass is 751 g/mol. The van der Waals surface area contributed by atoms with E-state index in [-0.39, 0.29) is 12.8 Å². The highest BCUT2D eigenvalue weighted by Gasteiger charge is 2.31. The zero-order valence-corrected chi connectivity index (χ0v) is 31.4. The molecule has 0 saturated carbocycles. The third-order valence-corrected chi connectivity index (χ3v) is 8.58. The second-order valence-electron chi connectivity index (χ2n) is 13.2. The van der Waals surface area contributed by atoms with Crippen molar-refractivity contribution >= 4 is 41.4 Å². The van der Waals surface area contributed by atoms with Gasteiger partial charge in [0.15, 0.2) is 0 Å². The van der Waals surface area contributed by atoms with Crippen LogP contribution in [-0.2, 0) is 46.4 Å². The number of nitrogens with two attached hydrogens (primary N) is 3. The summed E-state index contributed by atoms with van der Waals surface area (Å²) in [6, 6.07) is 11.5. The average Bonchev–Trinajstić information content (AvgIpc) is 3.13. The fourth-order valence-corrected chi connectivity index (χ4v) is 5.53. The van der Waals surface area contributed by atoms with Crippen LogP contribution in [-0.4, -0.2) is 90.7 Å². The molecule has 6 atom stereocenters. The average molecular weight is 752 g/mol. The molecule has 7 amide bonds. The summed E-state index contributed by atoms with van der Waals surface area (Å²) in [6.45, 7) is 4.98. The van der Waals surface area contributed by atoms with Crippen LogP contribution in [0.25, 0.3) is 0 Å². The van der Waals surface area contributed by atoms with Crippen LogP contribution >= 0.6 is 0 Å². The van der Waals surface area contributed by atoms with Crippen LogP contribution in [0.2, 0.25) is 0 Å². The van der Waals surface area contributed by atoms with Crippen LogP contribution in [0.15, 0.2) is 60.7 Å². The van der Waals surface area contributed by atoms with Gasteiger partial charge in [0.2, 0.25) is 41.4 Å². The van der Waals surface area contributed by atoms with Crippen molar-refractivity contribution in [2.24, 2.45) is 17.2 Å². The summed E-state index contributed by atoms with van der Waals surface area (Å²) in [5.41, 5.74) is 18.0. The van der Waals surface area contributed by atoms with Gasteiger partial charge < -0.3 is 49.1 Å². The highest BCUT2D eigenvalue weighted by atomic mass is 16.2. The number of carbonyl (C=O) groups excluding carboxylic acids is 7. The first-order valence-corrected chi connectivity index (χ1v) is 18.3. The third-order valence-electron chi connectivity index (χ3n) is 8.58. The summed E-state index contributed by atoms with van der Waals surface area (Å²) in [5, 5.41) is 15.8. The Hall–Kier alpha value is -5.35. The van der Waals surface area contributed by atoms with Crippen molar-refractivity contribution in [2.75, 3.05) is 13.1 Å². The molecule has 0 spiro atoms. The largest absolute Gasteiger partial charge is 0.368 e. The molecule has 12 N–H and O–H groups in total. The van der Waals surface area contributed by atoms with Gasteiger partial charge >= 0.3 is 0 Å². The van der Waals surface area contributed by atoms with E-state index < -0.39 is 77.6 Å². The van der Waals surface area contributed by atoms with Gasteiger partial charge in [0.1, 0.15) is 36.3 Å². The van der Waals surface area contributed by atoms with E-state index in [0.717, 1.165) is 5.56 Å². The Morgan fingerprint density at radius 1 is 0.500 bits per heavy atom. The molecule has 0 aromatic heterocycles. The van der Waals surface area contributed by atoms with Crippen LogP contribution in [0.3, 0.4) is 0 Å². The van der Waals surface area contributed by atoms with Gasteiger partial charge in [-0.05, 0) is 76.6 Å². The molecular formula is C38H57N9O7. The lowest BCUT2D eigenvalue weighted by molar-refractivity contribution is -0.135. The molecule has 0 aliphatic rings. The Morgan fingerprint density at radius 2 is 0.870 bits per heavy atom. The smallest absolute Gasteiger partial charge is 0.243 e. The highest BCUT2D eigenvalue weighted by Crippen LogP contribution is 2.09. The molecule has 2 aromatic carbocycles. The van der Waals surface area contributed by atoms with E-state index >= 15 is 0 Å². The summed E-state index contributed by atoms with van der Waals surface area (Å²) < 4.78 is 0. The van der Waals surface area contributed by atoms with E-state index in [1.165, 1.54) is 20.8 Å². The quantitative estimate of drug-likeness (QED) is 0.0606. The first-order chi connectivity index (χ1) is 25.7. The standard InChI is InChI=1S/C38H57N9O7/c1-24(34(50)42-25(2)35(51)45-29(33(41)49)18-10-12-20-39)43-37(53)31(22-27-14-6-4-7-15-27)47-38(54)32(23-28-16-8-5-9-17-28)46-36(52)30(44-26(3)48)19-11-13-21-40/h4-9,14-17,24-25,29-32H,10-13,18-23,39-40H2,1-3H3,(H2,41,49)(H,42,50)(H,43,53)(H,44,48)(H,45,51)(H,46,52)(H,47,54)/t24-,25-,29-,30-,31-,32-/m0/s1. The lowest BCUT2D eigenvalue weighted by Gasteiger charge is -2.26. The van der Waals surface area contributed by atoms with Gasteiger partial charge in [-0.2, -0.15) is 0 Å². The number of amides is 7. The molecule has 0 saturated heterocycles. The van der Waals surface area contributed by atoms with E-state index in [0.29, 0.717) is 57.2 Å². The lowest BCUT2D eigenvalue weighted by atomic mass is 10.0. The van der Waals surface area contributed by atoms with Gasteiger partial charge in [0, 0.05) is 19.8 Å². The third kappa shape index (κ3) is 16.5. The summed E-state index contributed by atoms with van der Waals surface area (Å²) in [5.74, 6) is -4.38. The molecule has 54 heavy (non-hydrogen) atoms. The second kappa shape index (κ2) is 24.1. The van der Waals surface area contributed by atoms with Gasteiger partial charge in [-0.15, -0.1) is 0 Å². The Morgan fingerprint density at radius 3 is 1.30 bits per heavy atom. The van der Waals surface area contributed by atoms with Crippen molar-refractivity contribution in [1.29, 1.82) is 0 Å². The number of hydrogen-bond acceptors (Lipinski definition) is 9. The molecule has 296 valence electrons. The van der Waals surface area contributed by atoms with Crippen molar-refractivity contribution in [3.63, 3.8) is 0 Å². The Labute approximate surface area is 316 Å². The number of rotatable bonds is 24. The van der Waals surface area contributed by atoms with Gasteiger partial charge in [-0.25, -0.2) is 0 Å². The van der Waals surface area contributed by atoms with Crippen molar-refractivity contribution in [3.05, 3.63) is 71.8 Å². The molecule has 0 unspecified atom stereocenters. The first-order valence-electron chi connectivity index (χ1n) is 18.3. The van der Waals surface area contributed by atoms with Gasteiger partial charge in [0.05, 0.1) is 0 Å². The molecule has 16 nitrogen and oxygen atoms in total. The number of hydrogen-bond donors (Lipinski definition) is 9. The van der Waals surface area contributed by atoms with Gasteiger partial charge in [0.25, 0.3) is 0 Å². The SMILES string of the molecule is CC(=O)N[C@@H](CCCCN)C(=O)N[C@@H](Cc1ccccc1)C(=O)N[C@@H](Cc1ccccc1)C(=O)N[C@@H](C)C(=O)N[C@@H](C)C(=O)N[C@@H](CCCCN)C(N)=O. The minimum atomic E-state index is -1.19. The van der Waals surface area contributed by atoms with Crippen LogP contribution in [0.5, 0.6) is 0 Å². The summed E-state index contributed by atoms with van der Waals surface area (Å²) in [4.78, 5) is 90.9. The second-order valence-corrected chi connectivity index (χ2v) is 13.2. The summed E-state index contributed by atoms with van der Waals surface area (Å²) in [7, 11) is 0. The lowest BCUT2D eigenvalue weighted by Crippen LogP contribution is -2.59. The number of primary amides is 1. The highest BCUT2D eigenvalue weighted by molar-refractivity contribution is 5.97. The van der Waals surface area contributed by atoms with Crippen molar-refractivity contribution in [2.45, 2.75) is 108 Å². The Bertz CT molecular complexity index is 1530. The number of benzene rings is 2.